The smallest absolute Gasteiger partial charge is 0.0772 e. The van der Waals surface area contributed by atoms with Crippen molar-refractivity contribution < 1.29 is 9.84 Å². The van der Waals surface area contributed by atoms with E-state index in [-0.39, 0.29) is 6.61 Å². The lowest BCUT2D eigenvalue weighted by atomic mass is 9.91. The summed E-state index contributed by atoms with van der Waals surface area (Å²) >= 11 is 0. The lowest BCUT2D eigenvalue weighted by Crippen LogP contribution is -2.50. The number of aliphatic hydroxyl groups excluding tert-OH is 1. The highest BCUT2D eigenvalue weighted by Gasteiger charge is 2.32. The lowest BCUT2D eigenvalue weighted by molar-refractivity contribution is 0.132. The Morgan fingerprint density at radius 3 is 2.79 bits per heavy atom. The number of nitrogens with zero attached hydrogens (tertiary/aromatic N) is 1. The van der Waals surface area contributed by atoms with E-state index in [1.54, 1.807) is 7.11 Å². The number of hydrogen-bond acceptors (Lipinski definition) is 4. The molecule has 4 nitrogen and oxygen atoms in total. The van der Waals surface area contributed by atoms with Gasteiger partial charge < -0.3 is 20.5 Å². The van der Waals surface area contributed by atoms with Crippen LogP contribution in [0.15, 0.2) is 30.3 Å². The normalized spacial score (nSPS) is 23.4. The largest absolute Gasteiger partial charge is 0.394 e. The van der Waals surface area contributed by atoms with Crippen LogP contribution in [0.4, 0.5) is 0 Å². The summed E-state index contributed by atoms with van der Waals surface area (Å²) in [7, 11) is 1.74. The number of likely N-dealkylation sites (tertiary alicyclic amines) is 1. The molecule has 1 aromatic carbocycles. The van der Waals surface area contributed by atoms with Crippen LogP contribution in [-0.4, -0.2) is 50.0 Å². The molecule has 0 radical (unpaired) electrons. The van der Waals surface area contributed by atoms with Crippen molar-refractivity contribution in [3.63, 3.8) is 0 Å². The molecule has 19 heavy (non-hydrogen) atoms. The molecule has 1 aliphatic rings. The topological polar surface area (TPSA) is 58.7 Å². The van der Waals surface area contributed by atoms with Crippen molar-refractivity contribution in [3.05, 3.63) is 35.9 Å². The summed E-state index contributed by atoms with van der Waals surface area (Å²) in [6.07, 6.45) is 1.14. The maximum Gasteiger partial charge on any atom is 0.0772 e. The first-order chi connectivity index (χ1) is 9.18. The van der Waals surface area contributed by atoms with Gasteiger partial charge in [0.15, 0.2) is 0 Å². The summed E-state index contributed by atoms with van der Waals surface area (Å²) in [6, 6.07) is 9.86. The van der Waals surface area contributed by atoms with E-state index >= 15 is 0 Å². The van der Waals surface area contributed by atoms with E-state index in [1.165, 1.54) is 0 Å². The highest BCUT2D eigenvalue weighted by atomic mass is 16.5. The number of nitrogens with two attached hydrogens (primary N) is 1. The van der Waals surface area contributed by atoms with Gasteiger partial charge in [0.2, 0.25) is 0 Å². The van der Waals surface area contributed by atoms with Gasteiger partial charge in [0, 0.05) is 20.2 Å². The van der Waals surface area contributed by atoms with Gasteiger partial charge in [-0.25, -0.2) is 0 Å². The second-order valence-electron chi connectivity index (χ2n) is 5.53. The molecule has 0 amide bonds. The molecule has 1 saturated heterocycles. The fourth-order valence-electron chi connectivity index (χ4n) is 2.83. The van der Waals surface area contributed by atoms with E-state index in [4.69, 9.17) is 10.5 Å². The van der Waals surface area contributed by atoms with Crippen LogP contribution in [0, 0.1) is 5.92 Å². The van der Waals surface area contributed by atoms with Crippen molar-refractivity contribution in [1.29, 1.82) is 0 Å². The Morgan fingerprint density at radius 2 is 2.16 bits per heavy atom. The van der Waals surface area contributed by atoms with Crippen molar-refractivity contribution in [1.82, 2.24) is 4.90 Å². The summed E-state index contributed by atoms with van der Waals surface area (Å²) in [6.45, 7) is 3.48. The Morgan fingerprint density at radius 1 is 1.42 bits per heavy atom. The molecule has 0 saturated carbocycles. The number of ether oxygens (including phenoxy) is 1. The van der Waals surface area contributed by atoms with Crippen LogP contribution in [0.2, 0.25) is 0 Å². The van der Waals surface area contributed by atoms with Gasteiger partial charge in [-0.3, -0.25) is 0 Å². The first kappa shape index (κ1) is 14.5. The average molecular weight is 264 g/mol. The Balaban J connectivity index is 2.00. The molecule has 1 fully saturated rings. The predicted octanol–water partition coefficient (Wildman–Crippen LogP) is 0.801. The molecule has 1 aliphatic heterocycles. The van der Waals surface area contributed by atoms with Crippen molar-refractivity contribution in [3.8, 4) is 0 Å². The molecular weight excluding hydrogens is 240 g/mol. The first-order valence-corrected chi connectivity index (χ1v) is 6.84. The molecule has 0 spiro atoms. The monoisotopic (exact) mass is 264 g/mol. The minimum absolute atomic E-state index is 0.0392. The van der Waals surface area contributed by atoms with E-state index in [0.717, 1.165) is 31.7 Å². The van der Waals surface area contributed by atoms with E-state index in [9.17, 15) is 5.11 Å². The van der Waals surface area contributed by atoms with Gasteiger partial charge in [0.1, 0.15) is 0 Å². The van der Waals surface area contributed by atoms with Gasteiger partial charge in [-0.15, -0.1) is 0 Å². The Hall–Kier alpha value is -0.940. The maximum absolute atomic E-state index is 9.69. The fraction of sp³-hybridized carbons (Fsp3) is 0.600. The van der Waals surface area contributed by atoms with Gasteiger partial charge in [-0.1, -0.05) is 30.3 Å². The Bertz CT molecular complexity index is 385. The second kappa shape index (κ2) is 6.48. The zero-order valence-electron chi connectivity index (χ0n) is 11.6. The van der Waals surface area contributed by atoms with Gasteiger partial charge >= 0.3 is 0 Å². The number of rotatable bonds is 6. The third-order valence-corrected chi connectivity index (χ3v) is 3.91. The van der Waals surface area contributed by atoms with Crippen LogP contribution in [0.5, 0.6) is 0 Å². The quantitative estimate of drug-likeness (QED) is 0.798. The SMILES string of the molecule is COCC1CCN(CC(N)(CO)c2ccccc2)C1. The van der Waals surface area contributed by atoms with Crippen LogP contribution >= 0.6 is 0 Å². The van der Waals surface area contributed by atoms with Crippen LogP contribution in [0.25, 0.3) is 0 Å². The molecule has 1 heterocycles. The summed E-state index contributed by atoms with van der Waals surface area (Å²) in [4.78, 5) is 2.33. The van der Waals surface area contributed by atoms with Gasteiger partial charge in [0.25, 0.3) is 0 Å². The second-order valence-corrected chi connectivity index (χ2v) is 5.53. The molecule has 3 N–H and O–H groups in total. The molecule has 0 bridgehead atoms. The van der Waals surface area contributed by atoms with E-state index in [1.807, 2.05) is 30.3 Å². The maximum atomic E-state index is 9.69. The molecule has 2 atom stereocenters. The van der Waals surface area contributed by atoms with Gasteiger partial charge in [-0.05, 0) is 24.4 Å². The average Bonchev–Trinajstić information content (AvgIpc) is 2.87. The number of aliphatic hydroxyl groups is 1. The Kier molecular flexibility index (Phi) is 4.93. The van der Waals surface area contributed by atoms with Gasteiger partial charge in [-0.2, -0.15) is 0 Å². The molecule has 0 aromatic heterocycles. The van der Waals surface area contributed by atoms with E-state index < -0.39 is 5.54 Å². The van der Waals surface area contributed by atoms with Crippen LogP contribution in [0.1, 0.15) is 12.0 Å². The van der Waals surface area contributed by atoms with E-state index in [2.05, 4.69) is 4.90 Å². The molecule has 1 aromatic rings. The van der Waals surface area contributed by atoms with Crippen molar-refractivity contribution in [2.45, 2.75) is 12.0 Å². The molecule has 0 aliphatic carbocycles. The zero-order valence-corrected chi connectivity index (χ0v) is 11.6. The number of benzene rings is 1. The molecular formula is C15H24N2O2. The molecule has 106 valence electrons. The predicted molar refractivity (Wildman–Crippen MR) is 75.8 cm³/mol. The number of methoxy groups -OCH3 is 1. The zero-order chi connectivity index (χ0) is 13.7. The van der Waals surface area contributed by atoms with E-state index in [0.29, 0.717) is 12.5 Å². The molecule has 2 unspecified atom stereocenters. The molecule has 4 heteroatoms. The lowest BCUT2D eigenvalue weighted by Gasteiger charge is -2.32. The summed E-state index contributed by atoms with van der Waals surface area (Å²) < 4.78 is 5.21. The van der Waals surface area contributed by atoms with Crippen molar-refractivity contribution in [2.75, 3.05) is 40.0 Å². The summed E-state index contributed by atoms with van der Waals surface area (Å²) in [5.41, 5.74) is 6.71. The molecule has 2 rings (SSSR count). The Labute approximate surface area is 115 Å². The third-order valence-electron chi connectivity index (χ3n) is 3.91. The highest BCUT2D eigenvalue weighted by molar-refractivity contribution is 5.24. The minimum Gasteiger partial charge on any atom is -0.394 e. The van der Waals surface area contributed by atoms with Crippen LogP contribution in [0.3, 0.4) is 0 Å². The van der Waals surface area contributed by atoms with Crippen molar-refractivity contribution >= 4 is 0 Å². The highest BCUT2D eigenvalue weighted by Crippen LogP contribution is 2.23. The summed E-state index contributed by atoms with van der Waals surface area (Å²) in [5.74, 6) is 0.587. The first-order valence-electron chi connectivity index (χ1n) is 6.84. The number of hydrogen-bond donors (Lipinski definition) is 2. The van der Waals surface area contributed by atoms with Crippen LogP contribution < -0.4 is 5.73 Å². The van der Waals surface area contributed by atoms with Crippen LogP contribution in [-0.2, 0) is 10.3 Å². The van der Waals surface area contributed by atoms with Crippen molar-refractivity contribution in [2.24, 2.45) is 11.7 Å². The fourth-order valence-corrected chi connectivity index (χ4v) is 2.83. The summed E-state index contributed by atoms with van der Waals surface area (Å²) in [5, 5.41) is 9.69. The van der Waals surface area contributed by atoms with Gasteiger partial charge in [0.05, 0.1) is 18.8 Å². The standard InChI is InChI=1S/C15H24N2O2/c1-19-10-13-7-8-17(9-13)11-15(16,12-18)14-5-3-2-4-6-14/h2-6,13,18H,7-12,16H2,1H3. The third kappa shape index (κ3) is 3.54. The minimum atomic E-state index is -0.677.